The Labute approximate surface area is 96.3 Å². The zero-order chi connectivity index (χ0) is 11.1. The molecule has 1 atom stereocenters. The van der Waals surface area contributed by atoms with Gasteiger partial charge in [0, 0.05) is 12.1 Å². The lowest BCUT2D eigenvalue weighted by molar-refractivity contribution is 0.216. The van der Waals surface area contributed by atoms with Gasteiger partial charge in [0.2, 0.25) is 0 Å². The van der Waals surface area contributed by atoms with E-state index >= 15 is 0 Å². The fraction of sp³-hybridized carbons (Fsp3) is 0.667. The van der Waals surface area contributed by atoms with Crippen LogP contribution in [-0.4, -0.2) is 23.8 Å². The molecule has 0 fully saturated rings. The predicted molar refractivity (Wildman–Crippen MR) is 66.4 cm³/mol. The van der Waals surface area contributed by atoms with Gasteiger partial charge in [0.05, 0.1) is 0 Å². The van der Waals surface area contributed by atoms with Crippen molar-refractivity contribution in [3.63, 3.8) is 0 Å². The molecule has 0 aliphatic rings. The number of aliphatic hydroxyl groups is 1. The molecule has 1 unspecified atom stereocenters. The first-order chi connectivity index (χ1) is 7.20. The Kier molecular flexibility index (Phi) is 5.29. The summed E-state index contributed by atoms with van der Waals surface area (Å²) in [6.07, 6.45) is 2.95. The predicted octanol–water partition coefficient (Wildman–Crippen LogP) is 2.43. The average molecular weight is 227 g/mol. The van der Waals surface area contributed by atoms with Crippen molar-refractivity contribution < 1.29 is 5.11 Å². The number of hydrogen-bond acceptors (Lipinski definition) is 3. The first-order valence-electron chi connectivity index (χ1n) is 5.57. The Bertz CT molecular complexity index is 261. The number of rotatable bonds is 7. The number of thiophene rings is 1. The van der Waals surface area contributed by atoms with Crippen molar-refractivity contribution in [3.8, 4) is 0 Å². The van der Waals surface area contributed by atoms with Crippen LogP contribution in [0.2, 0.25) is 0 Å². The molecule has 0 aliphatic carbocycles. The first-order valence-corrected chi connectivity index (χ1v) is 6.51. The van der Waals surface area contributed by atoms with E-state index in [4.69, 9.17) is 5.11 Å². The van der Waals surface area contributed by atoms with E-state index in [-0.39, 0.29) is 12.1 Å². The molecule has 15 heavy (non-hydrogen) atoms. The van der Waals surface area contributed by atoms with Crippen molar-refractivity contribution in [3.05, 3.63) is 22.4 Å². The van der Waals surface area contributed by atoms with Crippen LogP contribution in [0.5, 0.6) is 0 Å². The van der Waals surface area contributed by atoms with Gasteiger partial charge in [-0.25, -0.2) is 0 Å². The summed E-state index contributed by atoms with van der Waals surface area (Å²) >= 11 is 1.75. The van der Waals surface area contributed by atoms with Crippen molar-refractivity contribution >= 4 is 11.3 Å². The standard InChI is InChI=1S/C12H21NOS/c1-3-12(2,6-8-14)13-7-4-11-5-9-15-10-11/h5,9-10,13-14H,3-4,6-8H2,1-2H3. The van der Waals surface area contributed by atoms with E-state index in [1.165, 1.54) is 5.56 Å². The van der Waals surface area contributed by atoms with Crippen molar-refractivity contribution in [2.45, 2.75) is 38.6 Å². The monoisotopic (exact) mass is 227 g/mol. The lowest BCUT2D eigenvalue weighted by atomic mass is 9.95. The fourth-order valence-electron chi connectivity index (χ4n) is 1.58. The maximum Gasteiger partial charge on any atom is 0.0448 e. The second kappa shape index (κ2) is 6.26. The van der Waals surface area contributed by atoms with E-state index in [0.29, 0.717) is 0 Å². The van der Waals surface area contributed by atoms with Crippen molar-refractivity contribution in [2.75, 3.05) is 13.2 Å². The van der Waals surface area contributed by atoms with E-state index in [0.717, 1.165) is 25.8 Å². The zero-order valence-corrected chi connectivity index (χ0v) is 10.4. The summed E-state index contributed by atoms with van der Waals surface area (Å²) in [5.74, 6) is 0. The van der Waals surface area contributed by atoms with Gasteiger partial charge in [0.15, 0.2) is 0 Å². The van der Waals surface area contributed by atoms with Crippen LogP contribution in [0.3, 0.4) is 0 Å². The zero-order valence-electron chi connectivity index (χ0n) is 9.62. The summed E-state index contributed by atoms with van der Waals surface area (Å²) < 4.78 is 0. The summed E-state index contributed by atoms with van der Waals surface area (Å²) in [4.78, 5) is 0. The van der Waals surface area contributed by atoms with E-state index < -0.39 is 0 Å². The summed E-state index contributed by atoms with van der Waals surface area (Å²) in [6.45, 7) is 5.58. The summed E-state index contributed by atoms with van der Waals surface area (Å²) in [5, 5.41) is 16.8. The highest BCUT2D eigenvalue weighted by atomic mass is 32.1. The van der Waals surface area contributed by atoms with E-state index in [1.54, 1.807) is 11.3 Å². The fourth-order valence-corrected chi connectivity index (χ4v) is 2.28. The summed E-state index contributed by atoms with van der Waals surface area (Å²) in [6, 6.07) is 2.17. The molecule has 2 nitrogen and oxygen atoms in total. The van der Waals surface area contributed by atoms with Gasteiger partial charge in [-0.2, -0.15) is 11.3 Å². The Morgan fingerprint density at radius 1 is 1.53 bits per heavy atom. The molecule has 0 saturated carbocycles. The lowest BCUT2D eigenvalue weighted by Gasteiger charge is -2.29. The summed E-state index contributed by atoms with van der Waals surface area (Å²) in [5.41, 5.74) is 1.49. The van der Waals surface area contributed by atoms with Gasteiger partial charge in [-0.3, -0.25) is 0 Å². The van der Waals surface area contributed by atoms with Crippen LogP contribution in [0.25, 0.3) is 0 Å². The Balaban J connectivity index is 2.28. The third-order valence-corrected chi connectivity index (χ3v) is 3.72. The third-order valence-electron chi connectivity index (χ3n) is 2.99. The molecule has 0 aromatic carbocycles. The van der Waals surface area contributed by atoms with Crippen LogP contribution in [0.1, 0.15) is 32.3 Å². The molecule has 0 aliphatic heterocycles. The molecule has 2 N–H and O–H groups in total. The molecule has 0 saturated heterocycles. The second-order valence-electron chi connectivity index (χ2n) is 4.20. The van der Waals surface area contributed by atoms with Gasteiger partial charge in [-0.05, 0) is 55.1 Å². The largest absolute Gasteiger partial charge is 0.396 e. The first kappa shape index (κ1) is 12.7. The van der Waals surface area contributed by atoms with Crippen LogP contribution in [0.15, 0.2) is 16.8 Å². The highest BCUT2D eigenvalue weighted by Crippen LogP contribution is 2.14. The number of hydrogen-bond donors (Lipinski definition) is 2. The Morgan fingerprint density at radius 3 is 2.87 bits per heavy atom. The molecular formula is C12H21NOS. The molecular weight excluding hydrogens is 206 g/mol. The topological polar surface area (TPSA) is 32.3 Å². The van der Waals surface area contributed by atoms with Crippen molar-refractivity contribution in [1.29, 1.82) is 0 Å². The molecule has 1 aromatic heterocycles. The molecule has 1 aromatic rings. The molecule has 86 valence electrons. The minimum atomic E-state index is 0.0881. The SMILES string of the molecule is CCC(C)(CCO)NCCc1ccsc1. The molecule has 0 radical (unpaired) electrons. The lowest BCUT2D eigenvalue weighted by Crippen LogP contribution is -2.43. The summed E-state index contributed by atoms with van der Waals surface area (Å²) in [7, 11) is 0. The number of nitrogens with one attached hydrogen (secondary N) is 1. The Hall–Kier alpha value is -0.380. The highest BCUT2D eigenvalue weighted by molar-refractivity contribution is 7.07. The van der Waals surface area contributed by atoms with Crippen LogP contribution in [0.4, 0.5) is 0 Å². The van der Waals surface area contributed by atoms with Crippen molar-refractivity contribution in [2.24, 2.45) is 0 Å². The van der Waals surface area contributed by atoms with Crippen molar-refractivity contribution in [1.82, 2.24) is 5.32 Å². The second-order valence-corrected chi connectivity index (χ2v) is 4.98. The maximum absolute atomic E-state index is 8.98. The van der Waals surface area contributed by atoms with Gasteiger partial charge >= 0.3 is 0 Å². The number of aliphatic hydroxyl groups excluding tert-OH is 1. The van der Waals surface area contributed by atoms with Crippen LogP contribution in [-0.2, 0) is 6.42 Å². The van der Waals surface area contributed by atoms with E-state index in [9.17, 15) is 0 Å². The molecule has 1 rings (SSSR count). The molecule has 3 heteroatoms. The molecule has 0 amide bonds. The van der Waals surface area contributed by atoms with Crippen LogP contribution < -0.4 is 5.32 Å². The molecule has 1 heterocycles. The minimum absolute atomic E-state index is 0.0881. The van der Waals surface area contributed by atoms with Crippen LogP contribution >= 0.6 is 11.3 Å². The highest BCUT2D eigenvalue weighted by Gasteiger charge is 2.19. The van der Waals surface area contributed by atoms with E-state index in [2.05, 4.69) is 36.0 Å². The third kappa shape index (κ3) is 4.33. The van der Waals surface area contributed by atoms with Gasteiger partial charge < -0.3 is 10.4 Å². The van der Waals surface area contributed by atoms with Gasteiger partial charge in [-0.1, -0.05) is 6.92 Å². The minimum Gasteiger partial charge on any atom is -0.396 e. The Morgan fingerprint density at radius 2 is 2.33 bits per heavy atom. The van der Waals surface area contributed by atoms with E-state index in [1.807, 2.05) is 0 Å². The van der Waals surface area contributed by atoms with Crippen LogP contribution in [0, 0.1) is 0 Å². The van der Waals surface area contributed by atoms with Gasteiger partial charge in [-0.15, -0.1) is 0 Å². The molecule has 0 bridgehead atoms. The van der Waals surface area contributed by atoms with Gasteiger partial charge in [0.1, 0.15) is 0 Å². The quantitative estimate of drug-likeness (QED) is 0.750. The van der Waals surface area contributed by atoms with Gasteiger partial charge in [0.25, 0.3) is 0 Å². The normalized spacial score (nSPS) is 15.1. The maximum atomic E-state index is 8.98. The molecule has 0 spiro atoms. The smallest absolute Gasteiger partial charge is 0.0448 e. The average Bonchev–Trinajstić information content (AvgIpc) is 2.71.